The van der Waals surface area contributed by atoms with Gasteiger partial charge in [0.2, 0.25) is 10.0 Å². The lowest BCUT2D eigenvalue weighted by molar-refractivity contribution is 0.0730. The lowest BCUT2D eigenvalue weighted by Crippen LogP contribution is -2.41. The number of carbonyl (C=O) groups excluding carboxylic acids is 1. The van der Waals surface area contributed by atoms with Crippen LogP contribution in [0.4, 0.5) is 11.4 Å². The highest BCUT2D eigenvalue weighted by Gasteiger charge is 2.29. The molecule has 0 unspecified atom stereocenters. The molecule has 0 atom stereocenters. The number of halogens is 1. The number of benzene rings is 2. The van der Waals surface area contributed by atoms with Crippen LogP contribution in [0.25, 0.3) is 0 Å². The molecule has 0 aliphatic carbocycles. The van der Waals surface area contributed by atoms with Gasteiger partial charge in [0.1, 0.15) is 0 Å². The summed E-state index contributed by atoms with van der Waals surface area (Å²) >= 11 is 6.03. The highest BCUT2D eigenvalue weighted by molar-refractivity contribution is 7.89. The Morgan fingerprint density at radius 3 is 2.28 bits per heavy atom. The summed E-state index contributed by atoms with van der Waals surface area (Å²) in [5, 5.41) is 3.48. The third kappa shape index (κ3) is 4.92. The maximum atomic E-state index is 13.3. The molecule has 172 valence electrons. The third-order valence-corrected chi connectivity index (χ3v) is 7.74. The average Bonchev–Trinajstić information content (AvgIpc) is 2.81. The Bertz CT molecular complexity index is 1100. The number of hydrogen-bond donors (Lipinski definition) is 1. The van der Waals surface area contributed by atoms with Gasteiger partial charge in [-0.15, -0.1) is 0 Å². The Kier molecular flexibility index (Phi) is 7.02. The molecule has 2 aromatic carbocycles. The fourth-order valence-corrected chi connectivity index (χ4v) is 5.49. The van der Waals surface area contributed by atoms with Crippen LogP contribution in [0.3, 0.4) is 0 Å². The molecule has 2 fully saturated rings. The van der Waals surface area contributed by atoms with Crippen LogP contribution in [-0.4, -0.2) is 71.2 Å². The van der Waals surface area contributed by atoms with Crippen molar-refractivity contribution in [3.8, 4) is 0 Å². The summed E-state index contributed by atoms with van der Waals surface area (Å²) in [4.78, 5) is 15.5. The summed E-state index contributed by atoms with van der Waals surface area (Å²) in [6.07, 6.45) is 0. The van der Waals surface area contributed by atoms with Crippen LogP contribution in [0.1, 0.15) is 15.9 Å². The van der Waals surface area contributed by atoms with Crippen LogP contribution in [0.2, 0.25) is 5.02 Å². The van der Waals surface area contributed by atoms with Crippen LogP contribution in [0, 0.1) is 6.92 Å². The molecule has 1 amide bonds. The second-order valence-corrected chi connectivity index (χ2v) is 10.1. The van der Waals surface area contributed by atoms with E-state index in [0.717, 1.165) is 5.56 Å². The number of nitrogens with one attached hydrogen (secondary N) is 1. The van der Waals surface area contributed by atoms with Crippen molar-refractivity contribution < 1.29 is 22.7 Å². The number of ether oxygens (including phenoxy) is 2. The number of aryl methyl sites for hydroxylation is 1. The van der Waals surface area contributed by atoms with Gasteiger partial charge in [-0.3, -0.25) is 4.79 Å². The van der Waals surface area contributed by atoms with E-state index in [1.54, 1.807) is 30.3 Å². The van der Waals surface area contributed by atoms with Crippen molar-refractivity contribution in [2.75, 3.05) is 62.8 Å². The highest BCUT2D eigenvalue weighted by atomic mass is 35.5. The van der Waals surface area contributed by atoms with E-state index in [4.69, 9.17) is 21.1 Å². The molecule has 0 saturated carbocycles. The number of anilines is 2. The van der Waals surface area contributed by atoms with Crippen LogP contribution < -0.4 is 10.2 Å². The zero-order chi connectivity index (χ0) is 22.7. The lowest BCUT2D eigenvalue weighted by atomic mass is 10.1. The van der Waals surface area contributed by atoms with E-state index < -0.39 is 10.0 Å². The minimum atomic E-state index is -3.74. The summed E-state index contributed by atoms with van der Waals surface area (Å²) in [7, 11) is -3.74. The summed E-state index contributed by atoms with van der Waals surface area (Å²) in [5.41, 5.74) is 2.42. The molecule has 4 rings (SSSR count). The lowest BCUT2D eigenvalue weighted by Gasteiger charge is -2.31. The van der Waals surface area contributed by atoms with Crippen molar-refractivity contribution in [3.05, 3.63) is 52.5 Å². The van der Waals surface area contributed by atoms with Crippen molar-refractivity contribution in [1.82, 2.24) is 4.31 Å². The van der Waals surface area contributed by atoms with Crippen LogP contribution in [0.5, 0.6) is 0 Å². The van der Waals surface area contributed by atoms with Gasteiger partial charge < -0.3 is 19.7 Å². The fourth-order valence-electron chi connectivity index (χ4n) is 3.83. The van der Waals surface area contributed by atoms with E-state index in [0.29, 0.717) is 74.6 Å². The third-order valence-electron chi connectivity index (χ3n) is 5.61. The predicted molar refractivity (Wildman–Crippen MR) is 123 cm³/mol. The molecule has 0 radical (unpaired) electrons. The van der Waals surface area contributed by atoms with Gasteiger partial charge in [0, 0.05) is 42.6 Å². The van der Waals surface area contributed by atoms with Gasteiger partial charge in [0.25, 0.3) is 5.91 Å². The number of carbonyl (C=O) groups is 1. The van der Waals surface area contributed by atoms with Crippen LogP contribution >= 0.6 is 11.6 Å². The summed E-state index contributed by atoms with van der Waals surface area (Å²) < 4.78 is 38.5. The Hall–Kier alpha value is -2.17. The first-order valence-electron chi connectivity index (χ1n) is 10.5. The molecule has 2 aromatic rings. The topological polar surface area (TPSA) is 88.2 Å². The second-order valence-electron chi connectivity index (χ2n) is 7.71. The minimum absolute atomic E-state index is 0.0920. The van der Waals surface area contributed by atoms with Crippen LogP contribution in [0.15, 0.2) is 41.3 Å². The van der Waals surface area contributed by atoms with Crippen molar-refractivity contribution in [2.45, 2.75) is 11.8 Å². The monoisotopic (exact) mass is 479 g/mol. The first-order valence-corrected chi connectivity index (χ1v) is 12.3. The number of nitrogens with zero attached hydrogens (tertiary/aromatic N) is 2. The van der Waals surface area contributed by atoms with Gasteiger partial charge in [0.05, 0.1) is 36.9 Å². The largest absolute Gasteiger partial charge is 0.379 e. The van der Waals surface area contributed by atoms with Gasteiger partial charge >= 0.3 is 0 Å². The molecule has 2 aliphatic rings. The summed E-state index contributed by atoms with van der Waals surface area (Å²) in [6.45, 7) is 5.48. The summed E-state index contributed by atoms with van der Waals surface area (Å²) in [5.74, 6) is -0.379. The SMILES string of the molecule is Cc1cc(Cl)ccc1NC(=O)c1cc(S(=O)(=O)N2CCOCC2)ccc1N1CCOCC1. The average molecular weight is 480 g/mol. The molecule has 2 heterocycles. The zero-order valence-corrected chi connectivity index (χ0v) is 19.4. The quantitative estimate of drug-likeness (QED) is 0.709. The van der Waals surface area contributed by atoms with E-state index in [1.165, 1.54) is 10.4 Å². The smallest absolute Gasteiger partial charge is 0.257 e. The number of hydrogen-bond acceptors (Lipinski definition) is 6. The van der Waals surface area contributed by atoms with E-state index in [9.17, 15) is 13.2 Å². The Morgan fingerprint density at radius 2 is 1.62 bits per heavy atom. The second kappa shape index (κ2) is 9.76. The van der Waals surface area contributed by atoms with Gasteiger partial charge in [-0.2, -0.15) is 4.31 Å². The highest BCUT2D eigenvalue weighted by Crippen LogP contribution is 2.29. The fraction of sp³-hybridized carbons (Fsp3) is 0.409. The van der Waals surface area contributed by atoms with Gasteiger partial charge in [-0.25, -0.2) is 8.42 Å². The molecule has 0 aromatic heterocycles. The normalized spacial score (nSPS) is 17.9. The van der Waals surface area contributed by atoms with Crippen molar-refractivity contribution in [2.24, 2.45) is 0 Å². The Morgan fingerprint density at radius 1 is 0.969 bits per heavy atom. The first-order chi connectivity index (χ1) is 15.4. The van der Waals surface area contributed by atoms with E-state index >= 15 is 0 Å². The molecule has 32 heavy (non-hydrogen) atoms. The van der Waals surface area contributed by atoms with Crippen molar-refractivity contribution in [1.29, 1.82) is 0 Å². The number of morpholine rings is 2. The van der Waals surface area contributed by atoms with Gasteiger partial charge in [-0.05, 0) is 48.9 Å². The zero-order valence-electron chi connectivity index (χ0n) is 17.8. The Labute approximate surface area is 193 Å². The van der Waals surface area contributed by atoms with Gasteiger partial charge in [0.15, 0.2) is 0 Å². The maximum Gasteiger partial charge on any atom is 0.257 e. The number of amides is 1. The molecule has 0 bridgehead atoms. The Balaban J connectivity index is 1.71. The first kappa shape index (κ1) is 23.0. The molecule has 0 spiro atoms. The molecular formula is C22H26ClN3O5S. The maximum absolute atomic E-state index is 13.3. The van der Waals surface area contributed by atoms with Crippen LogP contribution in [-0.2, 0) is 19.5 Å². The number of sulfonamides is 1. The molecule has 2 aliphatic heterocycles. The predicted octanol–water partition coefficient (Wildman–Crippen LogP) is 2.76. The number of rotatable bonds is 5. The van der Waals surface area contributed by atoms with E-state index in [1.807, 2.05) is 11.8 Å². The van der Waals surface area contributed by atoms with E-state index in [-0.39, 0.29) is 10.8 Å². The van der Waals surface area contributed by atoms with Crippen molar-refractivity contribution in [3.63, 3.8) is 0 Å². The molecule has 8 nitrogen and oxygen atoms in total. The molecule has 2 saturated heterocycles. The molecule has 1 N–H and O–H groups in total. The molecular weight excluding hydrogens is 454 g/mol. The standard InChI is InChI=1S/C22H26ClN3O5S/c1-16-14-17(23)2-4-20(16)24-22(27)19-15-18(32(28,29)26-8-12-31-13-9-26)3-5-21(19)25-6-10-30-11-7-25/h2-5,14-15H,6-13H2,1H3,(H,24,27). The minimum Gasteiger partial charge on any atom is -0.379 e. The van der Waals surface area contributed by atoms with Gasteiger partial charge in [-0.1, -0.05) is 11.6 Å². The van der Waals surface area contributed by atoms with Crippen molar-refractivity contribution >= 4 is 38.9 Å². The van der Waals surface area contributed by atoms with E-state index in [2.05, 4.69) is 5.32 Å². The summed E-state index contributed by atoms with van der Waals surface area (Å²) in [6, 6.07) is 9.95. The molecule has 10 heteroatoms.